The van der Waals surface area contributed by atoms with Crippen molar-refractivity contribution in [1.82, 2.24) is 0 Å². The van der Waals surface area contributed by atoms with Crippen LogP contribution in [0.3, 0.4) is 0 Å². The van der Waals surface area contributed by atoms with Crippen LogP contribution < -0.4 is 5.73 Å². The zero-order chi connectivity index (χ0) is 12.3. The molecule has 0 radical (unpaired) electrons. The number of hydrogen-bond donors (Lipinski definition) is 2. The lowest BCUT2D eigenvalue weighted by Crippen LogP contribution is -2.65. The van der Waals surface area contributed by atoms with Gasteiger partial charge in [-0.25, -0.2) is 8.42 Å². The highest BCUT2D eigenvalue weighted by molar-refractivity contribution is 7.93. The third-order valence-corrected chi connectivity index (χ3v) is 7.51. The van der Waals surface area contributed by atoms with Gasteiger partial charge in [-0.2, -0.15) is 0 Å². The zero-order valence-corrected chi connectivity index (χ0v) is 10.6. The minimum absolute atomic E-state index is 0.283. The van der Waals surface area contributed by atoms with Crippen LogP contribution in [0.4, 0.5) is 0 Å². The number of rotatable bonds is 1. The number of nitrogens with two attached hydrogens (primary N) is 1. The van der Waals surface area contributed by atoms with Crippen molar-refractivity contribution in [3.8, 4) is 0 Å². The minimum Gasteiger partial charge on any atom is -0.388 e. The van der Waals surface area contributed by atoms with Crippen LogP contribution in [0.2, 0.25) is 0 Å². The molecule has 3 N–H and O–H groups in total. The Labute approximate surface area is 101 Å². The van der Waals surface area contributed by atoms with Crippen molar-refractivity contribution in [2.24, 2.45) is 5.73 Å². The third kappa shape index (κ3) is 1.51. The lowest BCUT2D eigenvalue weighted by atomic mass is 9.74. The molecule has 0 amide bonds. The molecule has 0 saturated carbocycles. The van der Waals surface area contributed by atoms with E-state index in [1.807, 2.05) is 0 Å². The van der Waals surface area contributed by atoms with Crippen molar-refractivity contribution in [2.45, 2.75) is 53.7 Å². The lowest BCUT2D eigenvalue weighted by Gasteiger charge is -2.46. The monoisotopic (exact) mass is 261 g/mol. The fourth-order valence-corrected chi connectivity index (χ4v) is 6.09. The second kappa shape index (κ2) is 3.44. The second-order valence-electron chi connectivity index (χ2n) is 5.81. The van der Waals surface area contributed by atoms with Gasteiger partial charge in [0.15, 0.2) is 9.84 Å². The van der Waals surface area contributed by atoms with Gasteiger partial charge >= 0.3 is 0 Å². The molecule has 0 aromatic carbocycles. The molecular weight excluding hydrogens is 242 g/mol. The van der Waals surface area contributed by atoms with Gasteiger partial charge in [0, 0.05) is 6.61 Å². The topological polar surface area (TPSA) is 89.6 Å². The maximum absolute atomic E-state index is 12.0. The van der Waals surface area contributed by atoms with Gasteiger partial charge in [0.05, 0.1) is 28.2 Å². The normalized spacial score (nSPS) is 52.8. The fourth-order valence-electron chi connectivity index (χ4n) is 3.60. The highest BCUT2D eigenvalue weighted by atomic mass is 32.2. The molecule has 0 aromatic rings. The van der Waals surface area contributed by atoms with Gasteiger partial charge in [-0.15, -0.1) is 0 Å². The van der Waals surface area contributed by atoms with E-state index < -0.39 is 31.5 Å². The van der Waals surface area contributed by atoms with Crippen molar-refractivity contribution in [3.05, 3.63) is 0 Å². The molecule has 3 saturated heterocycles. The first-order valence-electron chi connectivity index (χ1n) is 6.19. The van der Waals surface area contributed by atoms with Gasteiger partial charge in [-0.1, -0.05) is 0 Å². The van der Waals surface area contributed by atoms with Crippen LogP contribution in [0.25, 0.3) is 0 Å². The summed E-state index contributed by atoms with van der Waals surface area (Å²) in [6.45, 7) is 0.893. The summed E-state index contributed by atoms with van der Waals surface area (Å²) in [5.41, 5.74) is 4.41. The Balaban J connectivity index is 1.92. The first-order chi connectivity index (χ1) is 7.87. The maximum Gasteiger partial charge on any atom is 0.156 e. The summed E-state index contributed by atoms with van der Waals surface area (Å²) < 4.78 is 29.3. The van der Waals surface area contributed by atoms with Crippen LogP contribution in [0.15, 0.2) is 0 Å². The van der Waals surface area contributed by atoms with Crippen molar-refractivity contribution in [2.75, 3.05) is 13.2 Å². The Morgan fingerprint density at radius 2 is 1.82 bits per heavy atom. The van der Waals surface area contributed by atoms with E-state index in [1.165, 1.54) is 0 Å². The van der Waals surface area contributed by atoms with E-state index in [9.17, 15) is 13.5 Å². The third-order valence-electron chi connectivity index (χ3n) is 4.85. The summed E-state index contributed by atoms with van der Waals surface area (Å²) in [6, 6.07) is 0. The minimum atomic E-state index is -3.01. The van der Waals surface area contributed by atoms with E-state index >= 15 is 0 Å². The molecule has 5 nitrogen and oxygen atoms in total. The average Bonchev–Trinajstić information content (AvgIpc) is 2.71. The SMILES string of the molecule is NC1(C2(O)CC3CCC(C2)S3(=O)=O)CCOC1. The second-order valence-corrected chi connectivity index (χ2v) is 8.32. The van der Waals surface area contributed by atoms with Crippen molar-refractivity contribution >= 4 is 9.84 Å². The van der Waals surface area contributed by atoms with E-state index in [0.717, 1.165) is 0 Å². The Kier molecular flexibility index (Phi) is 2.40. The molecule has 3 rings (SSSR count). The molecule has 98 valence electrons. The number of ether oxygens (including phenoxy) is 1. The van der Waals surface area contributed by atoms with Gasteiger partial charge in [-0.05, 0) is 32.1 Å². The molecule has 0 aromatic heterocycles. The average molecular weight is 261 g/mol. The molecular formula is C11H19NO4S. The van der Waals surface area contributed by atoms with E-state index in [0.29, 0.717) is 32.5 Å². The van der Waals surface area contributed by atoms with Crippen LogP contribution in [0.1, 0.15) is 32.1 Å². The highest BCUT2D eigenvalue weighted by Gasteiger charge is 2.60. The Morgan fingerprint density at radius 1 is 1.24 bits per heavy atom. The standard InChI is InChI=1S/C11H19NO4S/c12-10(3-4-16-7-10)11(13)5-8-1-2-9(6-11)17(8,14)15/h8-9,13H,1-7,12H2. The molecule has 3 unspecified atom stereocenters. The summed E-state index contributed by atoms with van der Waals surface area (Å²) in [5, 5.41) is 9.98. The molecule has 3 heterocycles. The molecule has 3 aliphatic rings. The van der Waals surface area contributed by atoms with Crippen molar-refractivity contribution in [1.29, 1.82) is 0 Å². The van der Waals surface area contributed by atoms with Gasteiger partial charge in [0.1, 0.15) is 0 Å². The molecule has 6 heteroatoms. The molecule has 3 aliphatic heterocycles. The number of aliphatic hydroxyl groups is 1. The lowest BCUT2D eigenvalue weighted by molar-refractivity contribution is -0.0532. The predicted octanol–water partition coefficient (Wildman–Crippen LogP) is -0.425. The van der Waals surface area contributed by atoms with Gasteiger partial charge in [-0.3, -0.25) is 0 Å². The molecule has 3 fully saturated rings. The van der Waals surface area contributed by atoms with Crippen molar-refractivity contribution < 1.29 is 18.3 Å². The van der Waals surface area contributed by atoms with E-state index in [-0.39, 0.29) is 12.8 Å². The quantitative estimate of drug-likeness (QED) is 0.669. The number of sulfone groups is 1. The smallest absolute Gasteiger partial charge is 0.156 e. The molecule has 0 aliphatic carbocycles. The predicted molar refractivity (Wildman–Crippen MR) is 62.3 cm³/mol. The number of fused-ring (bicyclic) bond motifs is 2. The fraction of sp³-hybridized carbons (Fsp3) is 1.00. The van der Waals surface area contributed by atoms with E-state index in [2.05, 4.69) is 0 Å². The molecule has 3 atom stereocenters. The molecule has 0 spiro atoms. The summed E-state index contributed by atoms with van der Waals surface area (Å²) >= 11 is 0. The summed E-state index contributed by atoms with van der Waals surface area (Å²) in [4.78, 5) is 0. The molecule has 2 bridgehead atoms. The first-order valence-corrected chi connectivity index (χ1v) is 7.80. The van der Waals surface area contributed by atoms with E-state index in [4.69, 9.17) is 10.5 Å². The Morgan fingerprint density at radius 3 is 2.29 bits per heavy atom. The number of hydrogen-bond acceptors (Lipinski definition) is 5. The maximum atomic E-state index is 12.0. The largest absolute Gasteiger partial charge is 0.388 e. The first kappa shape index (κ1) is 11.9. The van der Waals surface area contributed by atoms with Gasteiger partial charge < -0.3 is 15.6 Å². The van der Waals surface area contributed by atoms with Crippen LogP contribution in [-0.2, 0) is 14.6 Å². The van der Waals surface area contributed by atoms with Gasteiger partial charge in [0.25, 0.3) is 0 Å². The van der Waals surface area contributed by atoms with Crippen LogP contribution in [0.5, 0.6) is 0 Å². The Bertz CT molecular complexity index is 407. The van der Waals surface area contributed by atoms with Gasteiger partial charge in [0.2, 0.25) is 0 Å². The summed E-state index contributed by atoms with van der Waals surface area (Å²) in [5.74, 6) is 0. The summed E-state index contributed by atoms with van der Waals surface area (Å²) in [7, 11) is -3.01. The molecule has 17 heavy (non-hydrogen) atoms. The zero-order valence-electron chi connectivity index (χ0n) is 9.76. The van der Waals surface area contributed by atoms with Crippen LogP contribution >= 0.6 is 0 Å². The highest BCUT2D eigenvalue weighted by Crippen LogP contribution is 2.48. The van der Waals surface area contributed by atoms with Crippen LogP contribution in [-0.4, -0.2) is 48.4 Å². The Hall–Kier alpha value is -0.170. The van der Waals surface area contributed by atoms with Crippen LogP contribution in [0, 0.1) is 0 Å². The van der Waals surface area contributed by atoms with E-state index in [1.54, 1.807) is 0 Å². The summed E-state index contributed by atoms with van der Waals surface area (Å²) in [6.07, 6.45) is 2.53. The van der Waals surface area contributed by atoms with Crippen molar-refractivity contribution in [3.63, 3.8) is 0 Å².